The second-order valence-electron chi connectivity index (χ2n) is 5.66. The highest BCUT2D eigenvalue weighted by Gasteiger charge is 2.27. The maximum absolute atomic E-state index is 14.6. The summed E-state index contributed by atoms with van der Waals surface area (Å²) in [5.41, 5.74) is -0.0893. The summed E-state index contributed by atoms with van der Waals surface area (Å²) in [6.07, 6.45) is 2.89. The number of aromatic nitrogens is 5. The van der Waals surface area contributed by atoms with Crippen molar-refractivity contribution in [3.63, 3.8) is 0 Å². The van der Waals surface area contributed by atoms with Crippen LogP contribution in [0, 0.1) is 5.82 Å². The quantitative estimate of drug-likeness (QED) is 0.637. The number of hydrogen-bond acceptors (Lipinski definition) is 6. The molecule has 2 aromatic heterocycles. The lowest BCUT2D eigenvalue weighted by Crippen LogP contribution is -2.39. The molecule has 10 heteroatoms. The number of hydrogen-bond donors (Lipinski definition) is 0. The van der Waals surface area contributed by atoms with Crippen molar-refractivity contribution in [1.29, 1.82) is 0 Å². The molecule has 4 rings (SSSR count). The van der Waals surface area contributed by atoms with Gasteiger partial charge >= 0.3 is 0 Å². The zero-order valence-corrected chi connectivity index (χ0v) is 13.7. The summed E-state index contributed by atoms with van der Waals surface area (Å²) < 4.78 is 22.1. The van der Waals surface area contributed by atoms with E-state index in [9.17, 15) is 14.0 Å². The Hall–Kier alpha value is -3.56. The lowest BCUT2D eigenvalue weighted by molar-refractivity contribution is -0.121. The van der Waals surface area contributed by atoms with Crippen LogP contribution in [0.3, 0.4) is 0 Å². The summed E-state index contributed by atoms with van der Waals surface area (Å²) in [6.45, 7) is 3.65. The fourth-order valence-corrected chi connectivity index (χ4v) is 2.80. The van der Waals surface area contributed by atoms with Crippen LogP contribution in [-0.4, -0.2) is 43.8 Å². The number of carbonyl (C=O) groups is 1. The standard InChI is InChI=1S/C16H13FN6O3/c1-3-4-22-12-6-11(10(17)5-13(12)26-8-14(22)24)23-16(25)9-7-18-21(2)15(9)19-20-23/h3,5-7H,1,4,8H2,2H3. The SMILES string of the molecule is C=CCN1C(=O)COc2cc(F)c(-n3nnc4c(cnn4C)c3=O)cc21. The van der Waals surface area contributed by atoms with Crippen LogP contribution in [0.5, 0.6) is 5.75 Å². The molecule has 1 aromatic carbocycles. The lowest BCUT2D eigenvalue weighted by atomic mass is 10.2. The van der Waals surface area contributed by atoms with Gasteiger partial charge in [-0.2, -0.15) is 9.78 Å². The highest BCUT2D eigenvalue weighted by Crippen LogP contribution is 2.35. The Morgan fingerprint density at radius 2 is 2.15 bits per heavy atom. The first-order valence-electron chi connectivity index (χ1n) is 7.67. The van der Waals surface area contributed by atoms with Crippen LogP contribution < -0.4 is 15.2 Å². The predicted molar refractivity (Wildman–Crippen MR) is 89.9 cm³/mol. The van der Waals surface area contributed by atoms with E-state index < -0.39 is 11.4 Å². The van der Waals surface area contributed by atoms with Crippen LogP contribution in [0.2, 0.25) is 0 Å². The molecule has 0 spiro atoms. The average Bonchev–Trinajstić information content (AvgIpc) is 3.00. The van der Waals surface area contributed by atoms with Gasteiger partial charge in [-0.25, -0.2) is 9.07 Å². The van der Waals surface area contributed by atoms with Crippen molar-refractivity contribution < 1.29 is 13.9 Å². The van der Waals surface area contributed by atoms with Gasteiger partial charge in [-0.15, -0.1) is 11.7 Å². The second-order valence-corrected chi connectivity index (χ2v) is 5.66. The highest BCUT2D eigenvalue weighted by molar-refractivity contribution is 5.98. The number of halogens is 1. The number of rotatable bonds is 3. The predicted octanol–water partition coefficient (Wildman–Crippen LogP) is 0.565. The van der Waals surface area contributed by atoms with Crippen LogP contribution in [0.15, 0.2) is 35.8 Å². The summed E-state index contributed by atoms with van der Waals surface area (Å²) in [5, 5.41) is 11.9. The average molecular weight is 356 g/mol. The number of carbonyl (C=O) groups excluding carboxylic acids is 1. The third-order valence-corrected chi connectivity index (χ3v) is 4.07. The maximum Gasteiger partial charge on any atom is 0.285 e. The van der Waals surface area contributed by atoms with E-state index in [2.05, 4.69) is 22.0 Å². The summed E-state index contributed by atoms with van der Waals surface area (Å²) in [6, 6.07) is 2.46. The van der Waals surface area contributed by atoms with Gasteiger partial charge in [0.2, 0.25) is 0 Å². The van der Waals surface area contributed by atoms with E-state index in [4.69, 9.17) is 4.74 Å². The number of benzene rings is 1. The number of anilines is 1. The van der Waals surface area contributed by atoms with Crippen LogP contribution in [0.25, 0.3) is 16.7 Å². The van der Waals surface area contributed by atoms with E-state index in [0.717, 1.165) is 10.7 Å². The van der Waals surface area contributed by atoms with E-state index in [-0.39, 0.29) is 41.5 Å². The van der Waals surface area contributed by atoms with Gasteiger partial charge in [-0.1, -0.05) is 11.3 Å². The lowest BCUT2D eigenvalue weighted by Gasteiger charge is -2.29. The minimum Gasteiger partial charge on any atom is -0.481 e. The molecule has 9 nitrogen and oxygen atoms in total. The minimum atomic E-state index is -0.726. The van der Waals surface area contributed by atoms with Crippen molar-refractivity contribution in [2.75, 3.05) is 18.1 Å². The van der Waals surface area contributed by atoms with Crippen LogP contribution in [0.1, 0.15) is 0 Å². The normalized spacial score (nSPS) is 13.6. The molecule has 0 N–H and O–H groups in total. The number of fused-ring (bicyclic) bond motifs is 2. The monoisotopic (exact) mass is 356 g/mol. The molecule has 0 saturated carbocycles. The van der Waals surface area contributed by atoms with Crippen molar-refractivity contribution in [3.8, 4) is 11.4 Å². The van der Waals surface area contributed by atoms with Gasteiger partial charge in [-0.05, 0) is 6.07 Å². The number of ether oxygens (including phenoxy) is 1. The Morgan fingerprint density at radius 1 is 1.35 bits per heavy atom. The summed E-state index contributed by atoms with van der Waals surface area (Å²) >= 11 is 0. The molecule has 0 aliphatic carbocycles. The van der Waals surface area contributed by atoms with Crippen molar-refractivity contribution in [2.45, 2.75) is 0 Å². The van der Waals surface area contributed by atoms with Gasteiger partial charge in [0.05, 0.1) is 11.9 Å². The zero-order chi connectivity index (χ0) is 18.4. The van der Waals surface area contributed by atoms with Gasteiger partial charge in [0, 0.05) is 19.7 Å². The van der Waals surface area contributed by atoms with Gasteiger partial charge in [-0.3, -0.25) is 9.59 Å². The van der Waals surface area contributed by atoms with E-state index in [0.29, 0.717) is 5.69 Å². The van der Waals surface area contributed by atoms with Crippen molar-refractivity contribution >= 4 is 22.6 Å². The molecule has 3 heterocycles. The van der Waals surface area contributed by atoms with Gasteiger partial charge in [0.1, 0.15) is 16.8 Å². The van der Waals surface area contributed by atoms with E-state index in [1.807, 2.05) is 0 Å². The Kier molecular flexibility index (Phi) is 3.53. The van der Waals surface area contributed by atoms with Crippen molar-refractivity contribution in [3.05, 3.63) is 47.2 Å². The van der Waals surface area contributed by atoms with Crippen LogP contribution in [-0.2, 0) is 11.8 Å². The number of nitrogens with zero attached hydrogens (tertiary/aromatic N) is 6. The molecule has 26 heavy (non-hydrogen) atoms. The molecule has 1 aliphatic heterocycles. The first-order chi connectivity index (χ1) is 12.5. The topological polar surface area (TPSA) is 95.1 Å². The third kappa shape index (κ3) is 2.26. The van der Waals surface area contributed by atoms with Gasteiger partial charge < -0.3 is 9.64 Å². The molecular weight excluding hydrogens is 343 g/mol. The molecule has 0 fully saturated rings. The molecule has 1 aliphatic rings. The van der Waals surface area contributed by atoms with E-state index >= 15 is 0 Å². The fourth-order valence-electron chi connectivity index (χ4n) is 2.80. The molecule has 0 saturated heterocycles. The van der Waals surface area contributed by atoms with Crippen LogP contribution >= 0.6 is 0 Å². The summed E-state index contributed by atoms with van der Waals surface area (Å²) in [4.78, 5) is 26.1. The van der Waals surface area contributed by atoms with Crippen LogP contribution in [0.4, 0.5) is 10.1 Å². The Balaban J connectivity index is 1.93. The molecule has 0 bridgehead atoms. The largest absolute Gasteiger partial charge is 0.481 e. The van der Waals surface area contributed by atoms with Crippen molar-refractivity contribution in [1.82, 2.24) is 24.8 Å². The Bertz CT molecular complexity index is 1120. The Labute approximate surface area is 145 Å². The number of aryl methyl sites for hydroxylation is 1. The molecule has 1 amide bonds. The summed E-state index contributed by atoms with van der Waals surface area (Å²) in [5.74, 6) is -0.816. The maximum atomic E-state index is 14.6. The third-order valence-electron chi connectivity index (χ3n) is 4.07. The Morgan fingerprint density at radius 3 is 2.92 bits per heavy atom. The van der Waals surface area contributed by atoms with E-state index in [1.165, 1.54) is 21.8 Å². The summed E-state index contributed by atoms with van der Waals surface area (Å²) in [7, 11) is 1.62. The molecule has 0 radical (unpaired) electrons. The highest BCUT2D eigenvalue weighted by atomic mass is 19.1. The van der Waals surface area contributed by atoms with Crippen molar-refractivity contribution in [2.24, 2.45) is 7.05 Å². The first-order valence-corrected chi connectivity index (χ1v) is 7.67. The molecule has 0 atom stereocenters. The molecule has 0 unspecified atom stereocenters. The zero-order valence-electron chi connectivity index (χ0n) is 13.7. The van der Waals surface area contributed by atoms with Gasteiger partial charge in [0.15, 0.2) is 18.1 Å². The second kappa shape index (κ2) is 5.76. The minimum absolute atomic E-state index is 0.139. The van der Waals surface area contributed by atoms with E-state index in [1.54, 1.807) is 13.1 Å². The molecule has 3 aromatic rings. The molecular formula is C16H13FN6O3. The smallest absolute Gasteiger partial charge is 0.285 e. The molecule has 132 valence electrons. The van der Waals surface area contributed by atoms with Gasteiger partial charge in [0.25, 0.3) is 11.5 Å². The first kappa shape index (κ1) is 15.9. The fraction of sp³-hybridized carbons (Fsp3) is 0.188. The number of amides is 1.